The zero-order chi connectivity index (χ0) is 14.6. The van der Waals surface area contributed by atoms with E-state index in [-0.39, 0.29) is 12.2 Å². The summed E-state index contributed by atoms with van der Waals surface area (Å²) in [6.45, 7) is 0.104. The van der Waals surface area contributed by atoms with Crippen LogP contribution in [0.5, 0.6) is 0 Å². The fraction of sp³-hybridized carbons (Fsp3) is 0.400. The van der Waals surface area contributed by atoms with E-state index in [0.29, 0.717) is 10.6 Å². The first-order valence-electron chi connectivity index (χ1n) is 5.71. The molecule has 3 N–H and O–H groups in total. The van der Waals surface area contributed by atoms with Crippen molar-refractivity contribution in [3.63, 3.8) is 0 Å². The Bertz CT molecular complexity index is 626. The van der Waals surface area contributed by atoms with Crippen molar-refractivity contribution < 1.29 is 24.3 Å². The number of urea groups is 1. The van der Waals surface area contributed by atoms with Crippen molar-refractivity contribution in [2.24, 2.45) is 5.73 Å². The van der Waals surface area contributed by atoms with Crippen LogP contribution in [0.15, 0.2) is 6.20 Å². The van der Waals surface area contributed by atoms with Gasteiger partial charge in [0.2, 0.25) is 0 Å². The number of carbonyl (C=O) groups is 3. The first-order chi connectivity index (χ1) is 9.47. The minimum absolute atomic E-state index is 0.104. The molecular weight excluding hydrogens is 270 g/mol. The number of methoxy groups -OCH3 is 1. The summed E-state index contributed by atoms with van der Waals surface area (Å²) in [6.07, 6.45) is 1.31. The number of fused-ring (bicyclic) bond motifs is 4. The smallest absolute Gasteiger partial charge is 0.345 e. The molecule has 1 fully saturated rings. The Morgan fingerprint density at radius 3 is 2.85 bits per heavy atom. The van der Waals surface area contributed by atoms with Gasteiger partial charge in [0.15, 0.2) is 6.04 Å². The van der Waals surface area contributed by atoms with Gasteiger partial charge in [0.1, 0.15) is 6.04 Å². The molecule has 2 atom stereocenters. The van der Waals surface area contributed by atoms with E-state index in [9.17, 15) is 19.6 Å². The van der Waals surface area contributed by atoms with Gasteiger partial charge in [-0.2, -0.15) is 14.8 Å². The lowest BCUT2D eigenvalue weighted by molar-refractivity contribution is -0.146. The SMILES string of the molecule is COC(=O)C1c2c(cnn2C(N)=O)[C@H]2CN1C(=O)N2O. The summed E-state index contributed by atoms with van der Waals surface area (Å²) in [4.78, 5) is 36.3. The number of nitrogens with zero attached hydrogens (tertiary/aromatic N) is 4. The Morgan fingerprint density at radius 2 is 2.25 bits per heavy atom. The van der Waals surface area contributed by atoms with E-state index in [0.717, 1.165) is 16.7 Å². The molecule has 3 amide bonds. The Morgan fingerprint density at radius 1 is 1.55 bits per heavy atom. The number of amides is 3. The number of esters is 1. The van der Waals surface area contributed by atoms with Crippen LogP contribution < -0.4 is 5.73 Å². The number of hydrogen-bond acceptors (Lipinski definition) is 6. The number of hydrogen-bond donors (Lipinski definition) is 2. The highest BCUT2D eigenvalue weighted by Gasteiger charge is 2.52. The predicted octanol–water partition coefficient (Wildman–Crippen LogP) is -0.794. The third-order valence-corrected chi connectivity index (χ3v) is 3.51. The molecule has 2 aliphatic rings. The van der Waals surface area contributed by atoms with Crippen LogP contribution in [0.3, 0.4) is 0 Å². The number of ether oxygens (including phenoxy) is 1. The summed E-state index contributed by atoms with van der Waals surface area (Å²) < 4.78 is 5.49. The number of carbonyl (C=O) groups excluding carboxylic acids is 3. The van der Waals surface area contributed by atoms with E-state index in [1.165, 1.54) is 6.20 Å². The second kappa shape index (κ2) is 3.93. The van der Waals surface area contributed by atoms with Crippen LogP contribution in [-0.2, 0) is 9.53 Å². The Labute approximate surface area is 112 Å². The summed E-state index contributed by atoms with van der Waals surface area (Å²) in [7, 11) is 1.16. The highest BCUT2D eigenvalue weighted by Crippen LogP contribution is 2.43. The topological polar surface area (TPSA) is 131 Å². The average molecular weight is 281 g/mol. The third kappa shape index (κ3) is 1.36. The molecule has 106 valence electrons. The van der Waals surface area contributed by atoms with Crippen molar-refractivity contribution in [2.75, 3.05) is 13.7 Å². The Hall–Kier alpha value is -2.62. The molecule has 0 saturated carbocycles. The molecular formula is C10H11N5O5. The second-order valence-corrected chi connectivity index (χ2v) is 4.46. The van der Waals surface area contributed by atoms with Crippen molar-refractivity contribution in [3.8, 4) is 0 Å². The van der Waals surface area contributed by atoms with Crippen LogP contribution in [0.4, 0.5) is 9.59 Å². The monoisotopic (exact) mass is 281 g/mol. The van der Waals surface area contributed by atoms with Gasteiger partial charge in [-0.25, -0.2) is 14.4 Å². The van der Waals surface area contributed by atoms with Crippen LogP contribution in [0, 0.1) is 0 Å². The fourth-order valence-electron chi connectivity index (χ4n) is 2.63. The molecule has 2 bridgehead atoms. The minimum atomic E-state index is -1.16. The van der Waals surface area contributed by atoms with E-state index >= 15 is 0 Å². The molecule has 0 aliphatic carbocycles. The van der Waals surface area contributed by atoms with Crippen LogP contribution in [0.2, 0.25) is 0 Å². The largest absolute Gasteiger partial charge is 0.467 e. The molecule has 1 aromatic rings. The van der Waals surface area contributed by atoms with Gasteiger partial charge in [-0.15, -0.1) is 0 Å². The van der Waals surface area contributed by atoms with E-state index in [4.69, 9.17) is 5.73 Å². The standard InChI is InChI=1S/C10H11N5O5/c1-20-8(16)7-6-4(2-12-14(6)9(11)17)5-3-13(7)10(18)15(5)19/h2,5,7,19H,3H2,1H3,(H2,11,17)/t5-,7?/m1/s1. The van der Waals surface area contributed by atoms with Crippen molar-refractivity contribution >= 4 is 18.0 Å². The molecule has 2 aliphatic heterocycles. The van der Waals surface area contributed by atoms with Crippen LogP contribution in [0.1, 0.15) is 23.3 Å². The van der Waals surface area contributed by atoms with Gasteiger partial charge in [0.05, 0.1) is 25.5 Å². The second-order valence-electron chi connectivity index (χ2n) is 4.46. The molecule has 10 nitrogen and oxygen atoms in total. The van der Waals surface area contributed by atoms with E-state index < -0.39 is 30.1 Å². The lowest BCUT2D eigenvalue weighted by atomic mass is 9.98. The molecule has 20 heavy (non-hydrogen) atoms. The molecule has 3 heterocycles. The number of aromatic nitrogens is 2. The first-order valence-corrected chi connectivity index (χ1v) is 5.71. The Kier molecular flexibility index (Phi) is 2.44. The number of nitrogens with two attached hydrogens (primary N) is 1. The van der Waals surface area contributed by atoms with Crippen LogP contribution >= 0.6 is 0 Å². The average Bonchev–Trinajstić information content (AvgIpc) is 2.96. The highest BCUT2D eigenvalue weighted by molar-refractivity contribution is 5.89. The van der Waals surface area contributed by atoms with E-state index in [1.807, 2.05) is 0 Å². The predicted molar refractivity (Wildman–Crippen MR) is 60.4 cm³/mol. The number of hydroxylamine groups is 2. The van der Waals surface area contributed by atoms with Gasteiger partial charge in [0.25, 0.3) is 0 Å². The summed E-state index contributed by atoms with van der Waals surface area (Å²) in [5, 5.41) is 14.1. The van der Waals surface area contributed by atoms with Crippen LogP contribution in [-0.4, -0.2) is 56.6 Å². The first kappa shape index (κ1) is 12.4. The normalized spacial score (nSPS) is 23.8. The van der Waals surface area contributed by atoms with Crippen molar-refractivity contribution in [1.29, 1.82) is 0 Å². The fourth-order valence-corrected chi connectivity index (χ4v) is 2.63. The summed E-state index contributed by atoms with van der Waals surface area (Å²) in [5.41, 5.74) is 5.73. The number of rotatable bonds is 1. The van der Waals surface area contributed by atoms with Gasteiger partial charge in [-0.3, -0.25) is 5.21 Å². The molecule has 0 aromatic carbocycles. The molecule has 0 spiro atoms. The molecule has 0 radical (unpaired) electrons. The van der Waals surface area contributed by atoms with Crippen LogP contribution in [0.25, 0.3) is 0 Å². The van der Waals surface area contributed by atoms with Crippen molar-refractivity contribution in [2.45, 2.75) is 12.1 Å². The summed E-state index contributed by atoms with van der Waals surface area (Å²) >= 11 is 0. The lowest BCUT2D eigenvalue weighted by Gasteiger charge is -2.28. The van der Waals surface area contributed by atoms with Gasteiger partial charge in [0, 0.05) is 5.56 Å². The van der Waals surface area contributed by atoms with Crippen molar-refractivity contribution in [3.05, 3.63) is 17.5 Å². The summed E-state index contributed by atoms with van der Waals surface area (Å²) in [6, 6.07) is -3.48. The zero-order valence-electron chi connectivity index (χ0n) is 10.4. The van der Waals surface area contributed by atoms with Gasteiger partial charge in [-0.1, -0.05) is 0 Å². The van der Waals surface area contributed by atoms with Crippen molar-refractivity contribution in [1.82, 2.24) is 19.7 Å². The van der Waals surface area contributed by atoms with Gasteiger partial charge >= 0.3 is 18.0 Å². The minimum Gasteiger partial charge on any atom is -0.467 e. The highest BCUT2D eigenvalue weighted by atomic mass is 16.5. The maximum absolute atomic E-state index is 11.9. The summed E-state index contributed by atoms with van der Waals surface area (Å²) in [5.74, 6) is -0.739. The Balaban J connectivity index is 2.22. The molecule has 1 saturated heterocycles. The van der Waals surface area contributed by atoms with Gasteiger partial charge in [-0.05, 0) is 0 Å². The quantitative estimate of drug-likeness (QED) is 0.512. The maximum Gasteiger partial charge on any atom is 0.345 e. The molecule has 1 aromatic heterocycles. The van der Waals surface area contributed by atoms with E-state index in [1.54, 1.807) is 0 Å². The maximum atomic E-state index is 11.9. The van der Waals surface area contributed by atoms with E-state index in [2.05, 4.69) is 9.84 Å². The third-order valence-electron chi connectivity index (χ3n) is 3.51. The molecule has 1 unspecified atom stereocenters. The zero-order valence-corrected chi connectivity index (χ0v) is 10.4. The molecule has 10 heteroatoms. The number of primary amides is 1. The lowest BCUT2D eigenvalue weighted by Crippen LogP contribution is -2.41. The van der Waals surface area contributed by atoms with Gasteiger partial charge < -0.3 is 15.4 Å². The molecule has 3 rings (SSSR count).